The molecule has 1 rings (SSSR count). The number of hydroxylamine groups is 2. The molecule has 0 aromatic carbocycles. The van der Waals surface area contributed by atoms with Crippen molar-refractivity contribution in [1.29, 1.82) is 0 Å². The van der Waals surface area contributed by atoms with Gasteiger partial charge in [0.05, 0.1) is 12.0 Å². The molecule has 4 heteroatoms. The average molecular weight is 213 g/mol. The summed E-state index contributed by atoms with van der Waals surface area (Å²) in [7, 11) is 0. The minimum Gasteiger partial charge on any atom is -0.367 e. The van der Waals surface area contributed by atoms with Crippen LogP contribution in [-0.4, -0.2) is 29.9 Å². The summed E-state index contributed by atoms with van der Waals surface area (Å²) in [5, 5.41) is 1.48. The Kier molecular flexibility index (Phi) is 3.50. The normalized spacial score (nSPS) is 24.0. The number of piperidine rings is 1. The third kappa shape index (κ3) is 3.63. The number of ketones is 1. The molecule has 15 heavy (non-hydrogen) atoms. The first kappa shape index (κ1) is 12.2. The highest BCUT2D eigenvalue weighted by Gasteiger charge is 2.30. The van der Waals surface area contributed by atoms with Gasteiger partial charge in [0, 0.05) is 13.0 Å². The molecule has 4 nitrogen and oxygen atoms in total. The first-order valence-corrected chi connectivity index (χ1v) is 5.28. The summed E-state index contributed by atoms with van der Waals surface area (Å²) in [6.07, 6.45) is 0.587. The van der Waals surface area contributed by atoms with Crippen molar-refractivity contribution in [2.75, 3.05) is 13.1 Å². The fourth-order valence-corrected chi connectivity index (χ4v) is 1.45. The summed E-state index contributed by atoms with van der Waals surface area (Å²) in [4.78, 5) is 28.0. The molecule has 0 aromatic heterocycles. The maximum absolute atomic E-state index is 11.6. The molecular weight excluding hydrogens is 194 g/mol. The molecule has 0 amide bonds. The average Bonchev–Trinajstić information content (AvgIpc) is 1.99. The standard InChI is InChI=1S/C11H19NO3/c1-8-5-9(13)7-12(6-8)15-10(14)11(2,3)4/h8H,5-7H2,1-4H3/t8-/m0/s1. The summed E-state index contributed by atoms with van der Waals surface area (Å²) in [6, 6.07) is 0. The molecule has 0 spiro atoms. The summed E-state index contributed by atoms with van der Waals surface area (Å²) in [5.41, 5.74) is -0.524. The molecule has 1 atom stereocenters. The fourth-order valence-electron chi connectivity index (χ4n) is 1.45. The smallest absolute Gasteiger partial charge is 0.330 e. The molecule has 0 N–H and O–H groups in total. The number of carbonyl (C=O) groups excluding carboxylic acids is 2. The highest BCUT2D eigenvalue weighted by molar-refractivity contribution is 5.81. The van der Waals surface area contributed by atoms with E-state index < -0.39 is 5.41 Å². The van der Waals surface area contributed by atoms with Gasteiger partial charge in [-0.2, -0.15) is 0 Å². The molecule has 0 bridgehead atoms. The van der Waals surface area contributed by atoms with Crippen LogP contribution in [0.2, 0.25) is 0 Å². The van der Waals surface area contributed by atoms with Gasteiger partial charge in [0.15, 0.2) is 5.78 Å². The maximum atomic E-state index is 11.6. The Labute approximate surface area is 90.5 Å². The molecule has 1 heterocycles. The topological polar surface area (TPSA) is 46.6 Å². The SMILES string of the molecule is C[C@H]1CC(=O)CN(OC(=O)C(C)(C)C)C1. The first-order chi connectivity index (χ1) is 6.79. The lowest BCUT2D eigenvalue weighted by Gasteiger charge is -2.30. The van der Waals surface area contributed by atoms with Crippen molar-refractivity contribution in [3.05, 3.63) is 0 Å². The Hall–Kier alpha value is -0.900. The highest BCUT2D eigenvalue weighted by atomic mass is 16.7. The van der Waals surface area contributed by atoms with Crippen molar-refractivity contribution in [3.8, 4) is 0 Å². The van der Waals surface area contributed by atoms with Crippen LogP contribution in [0, 0.1) is 11.3 Å². The highest BCUT2D eigenvalue weighted by Crippen LogP contribution is 2.19. The van der Waals surface area contributed by atoms with Crippen LogP contribution in [0.1, 0.15) is 34.1 Å². The number of rotatable bonds is 1. The van der Waals surface area contributed by atoms with Gasteiger partial charge in [0.2, 0.25) is 0 Å². The number of carbonyl (C=O) groups is 2. The van der Waals surface area contributed by atoms with Crippen molar-refractivity contribution in [2.24, 2.45) is 11.3 Å². The van der Waals surface area contributed by atoms with Crippen molar-refractivity contribution < 1.29 is 14.4 Å². The Balaban J connectivity index is 2.52. The summed E-state index contributed by atoms with van der Waals surface area (Å²) >= 11 is 0. The summed E-state index contributed by atoms with van der Waals surface area (Å²) in [5.74, 6) is 0.110. The van der Waals surface area contributed by atoms with E-state index in [9.17, 15) is 9.59 Å². The van der Waals surface area contributed by atoms with Gasteiger partial charge in [-0.1, -0.05) is 6.92 Å². The number of nitrogens with zero attached hydrogens (tertiary/aromatic N) is 1. The van der Waals surface area contributed by atoms with E-state index in [4.69, 9.17) is 4.84 Å². The van der Waals surface area contributed by atoms with Crippen LogP contribution < -0.4 is 0 Å². The van der Waals surface area contributed by atoms with E-state index in [1.807, 2.05) is 6.92 Å². The maximum Gasteiger partial charge on any atom is 0.330 e. The van der Waals surface area contributed by atoms with Gasteiger partial charge >= 0.3 is 5.97 Å². The molecule has 1 fully saturated rings. The van der Waals surface area contributed by atoms with Gasteiger partial charge in [0.25, 0.3) is 0 Å². The molecule has 0 unspecified atom stereocenters. The lowest BCUT2D eigenvalue weighted by molar-refractivity contribution is -0.206. The van der Waals surface area contributed by atoms with Crippen molar-refractivity contribution in [2.45, 2.75) is 34.1 Å². The fraction of sp³-hybridized carbons (Fsp3) is 0.818. The van der Waals surface area contributed by atoms with Crippen LogP contribution in [0.5, 0.6) is 0 Å². The van der Waals surface area contributed by atoms with Crippen molar-refractivity contribution >= 4 is 11.8 Å². The zero-order chi connectivity index (χ0) is 11.6. The van der Waals surface area contributed by atoms with Crippen LogP contribution >= 0.6 is 0 Å². The van der Waals surface area contributed by atoms with Gasteiger partial charge in [-0.05, 0) is 26.7 Å². The predicted molar refractivity (Wildman–Crippen MR) is 55.9 cm³/mol. The number of Topliss-reactive ketones (excluding diaryl/α,β-unsaturated/α-hetero) is 1. The first-order valence-electron chi connectivity index (χ1n) is 5.28. The summed E-state index contributed by atoms with van der Waals surface area (Å²) in [6.45, 7) is 8.24. The van der Waals surface area contributed by atoms with Crippen LogP contribution in [0.25, 0.3) is 0 Å². The largest absolute Gasteiger partial charge is 0.367 e. The minimum atomic E-state index is -0.524. The number of hydrogen-bond acceptors (Lipinski definition) is 4. The molecule has 86 valence electrons. The summed E-state index contributed by atoms with van der Waals surface area (Å²) < 4.78 is 0. The molecule has 0 aliphatic carbocycles. The van der Waals surface area contributed by atoms with E-state index in [-0.39, 0.29) is 24.2 Å². The Morgan fingerprint density at radius 3 is 2.53 bits per heavy atom. The molecule has 0 saturated carbocycles. The number of hydrogen-bond donors (Lipinski definition) is 0. The van der Waals surface area contributed by atoms with E-state index in [0.29, 0.717) is 13.0 Å². The predicted octanol–water partition coefficient (Wildman–Crippen LogP) is 1.40. The zero-order valence-electron chi connectivity index (χ0n) is 9.87. The second kappa shape index (κ2) is 4.31. The minimum absolute atomic E-state index is 0.135. The van der Waals surface area contributed by atoms with Crippen molar-refractivity contribution in [3.63, 3.8) is 0 Å². The Morgan fingerprint density at radius 2 is 2.07 bits per heavy atom. The monoisotopic (exact) mass is 213 g/mol. The van der Waals surface area contributed by atoms with Gasteiger partial charge < -0.3 is 4.84 Å². The van der Waals surface area contributed by atoms with Crippen LogP contribution in [0.15, 0.2) is 0 Å². The third-order valence-electron chi connectivity index (χ3n) is 2.27. The van der Waals surface area contributed by atoms with Gasteiger partial charge in [0.1, 0.15) is 0 Å². The molecule has 1 aliphatic heterocycles. The molecule has 0 aromatic rings. The van der Waals surface area contributed by atoms with Gasteiger partial charge in [-0.3, -0.25) is 4.79 Å². The van der Waals surface area contributed by atoms with Crippen molar-refractivity contribution in [1.82, 2.24) is 5.06 Å². The zero-order valence-corrected chi connectivity index (χ0v) is 9.87. The van der Waals surface area contributed by atoms with E-state index >= 15 is 0 Å². The van der Waals surface area contributed by atoms with Crippen LogP contribution in [0.4, 0.5) is 0 Å². The van der Waals surface area contributed by atoms with Crippen LogP contribution in [-0.2, 0) is 14.4 Å². The lowest BCUT2D eigenvalue weighted by atomic mass is 9.97. The molecular formula is C11H19NO3. The van der Waals surface area contributed by atoms with E-state index in [2.05, 4.69) is 0 Å². The Bertz CT molecular complexity index is 267. The Morgan fingerprint density at radius 1 is 1.47 bits per heavy atom. The van der Waals surface area contributed by atoms with Crippen LogP contribution in [0.3, 0.4) is 0 Å². The van der Waals surface area contributed by atoms with E-state index in [1.165, 1.54) is 5.06 Å². The third-order valence-corrected chi connectivity index (χ3v) is 2.27. The second-order valence-corrected chi connectivity index (χ2v) is 5.30. The molecule has 0 radical (unpaired) electrons. The molecule has 1 aliphatic rings. The van der Waals surface area contributed by atoms with E-state index in [0.717, 1.165) is 0 Å². The second-order valence-electron chi connectivity index (χ2n) is 5.30. The van der Waals surface area contributed by atoms with E-state index in [1.54, 1.807) is 20.8 Å². The van der Waals surface area contributed by atoms with Gasteiger partial charge in [-0.25, -0.2) is 4.79 Å². The lowest BCUT2D eigenvalue weighted by Crippen LogP contribution is -2.43. The quantitative estimate of drug-likeness (QED) is 0.660. The molecule has 1 saturated heterocycles. The van der Waals surface area contributed by atoms with Gasteiger partial charge in [-0.15, -0.1) is 5.06 Å².